The van der Waals surface area contributed by atoms with E-state index in [0.29, 0.717) is 5.88 Å². The van der Waals surface area contributed by atoms with Gasteiger partial charge in [0.05, 0.1) is 5.38 Å². The van der Waals surface area contributed by atoms with Gasteiger partial charge in [0, 0.05) is 33.3 Å². The molecule has 0 heterocycles. The van der Waals surface area contributed by atoms with Crippen molar-refractivity contribution in [3.8, 4) is 0 Å². The van der Waals surface area contributed by atoms with Crippen molar-refractivity contribution >= 4 is 32.0 Å². The third-order valence-corrected chi connectivity index (χ3v) is 6.68. The second-order valence-corrected chi connectivity index (χ2v) is 8.59. The number of aryl methyl sites for hydroxylation is 1. The average molecular weight is 337 g/mol. The molecule has 0 saturated heterocycles. The first-order valence-corrected chi connectivity index (χ1v) is 9.39. The average Bonchev–Trinajstić information content (AvgIpc) is 2.48. The predicted molar refractivity (Wildman–Crippen MR) is 85.6 cm³/mol. The molecule has 1 rings (SSSR count). The fourth-order valence-electron chi connectivity index (χ4n) is 2.17. The van der Waals surface area contributed by atoms with Crippen LogP contribution in [0.25, 0.3) is 0 Å². The number of hydrogen-bond donors (Lipinski definition) is 0. The smallest absolute Gasteiger partial charge is 0.377 e. The maximum Gasteiger partial charge on any atom is 0.500 e. The van der Waals surface area contributed by atoms with Crippen LogP contribution in [-0.2, 0) is 25.6 Å². The van der Waals surface area contributed by atoms with Crippen molar-refractivity contribution in [1.82, 2.24) is 0 Å². The third kappa shape index (κ3) is 4.45. The van der Waals surface area contributed by atoms with Crippen LogP contribution in [-0.4, -0.2) is 30.1 Å². The van der Waals surface area contributed by atoms with Gasteiger partial charge in [-0.25, -0.2) is 0 Å². The normalized spacial score (nSPS) is 13.5. The molecular formula is C14H22Cl2O3Si. The lowest BCUT2D eigenvalue weighted by Crippen LogP contribution is -2.43. The second-order valence-electron chi connectivity index (χ2n) is 4.58. The summed E-state index contributed by atoms with van der Waals surface area (Å²) in [5.74, 6) is 0.460. The van der Waals surface area contributed by atoms with Gasteiger partial charge in [-0.2, -0.15) is 0 Å². The topological polar surface area (TPSA) is 27.7 Å². The molecule has 0 N–H and O–H groups in total. The molecule has 3 nitrogen and oxygen atoms in total. The molecule has 1 atom stereocenters. The number of alkyl halides is 2. The first-order valence-electron chi connectivity index (χ1n) is 6.49. The van der Waals surface area contributed by atoms with Gasteiger partial charge in [0.15, 0.2) is 0 Å². The van der Waals surface area contributed by atoms with Crippen molar-refractivity contribution in [2.24, 2.45) is 0 Å². The summed E-state index contributed by atoms with van der Waals surface area (Å²) >= 11 is 12.1. The summed E-state index contributed by atoms with van der Waals surface area (Å²) in [6.45, 7) is 1.95. The summed E-state index contributed by atoms with van der Waals surface area (Å²) in [4.78, 5) is 0. The molecule has 0 aromatic heterocycles. The van der Waals surface area contributed by atoms with Crippen LogP contribution in [0.5, 0.6) is 0 Å². The predicted octanol–water partition coefficient (Wildman–Crippen LogP) is 4.15. The standard InChI is InChI=1S/C14H22Cl2O3Si/c1-11(16)14-6-5-12(9-13(14)10-15)7-8-20(17-2,18-3)19-4/h5-6,9,11H,7-8,10H2,1-4H3/t11-/m1/s1. The Kier molecular flexibility index (Phi) is 7.51. The van der Waals surface area contributed by atoms with E-state index in [9.17, 15) is 0 Å². The van der Waals surface area contributed by atoms with E-state index in [-0.39, 0.29) is 5.38 Å². The summed E-state index contributed by atoms with van der Waals surface area (Å²) in [6.07, 6.45) is 0.822. The maximum absolute atomic E-state index is 6.14. The minimum atomic E-state index is -2.52. The van der Waals surface area contributed by atoms with Crippen LogP contribution in [0.2, 0.25) is 6.04 Å². The Hall–Kier alpha value is -0.103. The van der Waals surface area contributed by atoms with E-state index in [1.54, 1.807) is 21.3 Å². The minimum Gasteiger partial charge on any atom is -0.377 e. The van der Waals surface area contributed by atoms with Crippen molar-refractivity contribution in [1.29, 1.82) is 0 Å². The molecule has 0 radical (unpaired) electrons. The van der Waals surface area contributed by atoms with Crippen LogP contribution in [0.1, 0.15) is 29.0 Å². The van der Waals surface area contributed by atoms with Crippen LogP contribution in [0.15, 0.2) is 18.2 Å². The molecule has 0 spiro atoms. The number of hydrogen-bond acceptors (Lipinski definition) is 3. The highest BCUT2D eigenvalue weighted by molar-refractivity contribution is 6.60. The molecule has 0 aliphatic heterocycles. The van der Waals surface area contributed by atoms with E-state index in [1.165, 1.54) is 5.56 Å². The molecule has 0 aliphatic rings. The largest absolute Gasteiger partial charge is 0.500 e. The van der Waals surface area contributed by atoms with E-state index in [1.807, 2.05) is 13.0 Å². The molecule has 1 aromatic rings. The highest BCUT2D eigenvalue weighted by Gasteiger charge is 2.37. The Morgan fingerprint density at radius 3 is 2.20 bits per heavy atom. The first kappa shape index (κ1) is 17.9. The summed E-state index contributed by atoms with van der Waals surface area (Å²) < 4.78 is 16.3. The lowest BCUT2D eigenvalue weighted by Gasteiger charge is -2.24. The van der Waals surface area contributed by atoms with E-state index in [2.05, 4.69) is 12.1 Å². The maximum atomic E-state index is 6.14. The van der Waals surface area contributed by atoms with Gasteiger partial charge in [-0.3, -0.25) is 0 Å². The second kappa shape index (κ2) is 8.37. The van der Waals surface area contributed by atoms with Crippen molar-refractivity contribution in [2.45, 2.75) is 30.6 Å². The van der Waals surface area contributed by atoms with Crippen LogP contribution in [0.4, 0.5) is 0 Å². The summed E-state index contributed by atoms with van der Waals surface area (Å²) in [6, 6.07) is 6.94. The first-order chi connectivity index (χ1) is 9.51. The Labute approximate surface area is 132 Å². The molecule has 0 aliphatic carbocycles. The minimum absolute atomic E-state index is 0.0387. The van der Waals surface area contributed by atoms with E-state index >= 15 is 0 Å². The monoisotopic (exact) mass is 336 g/mol. The van der Waals surface area contributed by atoms with Crippen LogP contribution in [0, 0.1) is 0 Å². The fourth-order valence-corrected chi connectivity index (χ4v) is 4.32. The van der Waals surface area contributed by atoms with Gasteiger partial charge >= 0.3 is 8.80 Å². The molecule has 0 fully saturated rings. The molecule has 1 aromatic carbocycles. The zero-order valence-corrected chi connectivity index (χ0v) is 14.9. The van der Waals surface area contributed by atoms with Gasteiger partial charge in [0.2, 0.25) is 0 Å². The van der Waals surface area contributed by atoms with Gasteiger partial charge < -0.3 is 13.3 Å². The van der Waals surface area contributed by atoms with Crippen molar-refractivity contribution in [2.75, 3.05) is 21.3 Å². The highest BCUT2D eigenvalue weighted by atomic mass is 35.5. The van der Waals surface area contributed by atoms with Crippen LogP contribution in [0.3, 0.4) is 0 Å². The molecule has 0 bridgehead atoms. The van der Waals surface area contributed by atoms with E-state index < -0.39 is 8.80 Å². The Balaban J connectivity index is 2.83. The van der Waals surface area contributed by atoms with Gasteiger partial charge in [0.25, 0.3) is 0 Å². The van der Waals surface area contributed by atoms with Gasteiger partial charge in [-0.15, -0.1) is 23.2 Å². The van der Waals surface area contributed by atoms with Crippen molar-refractivity contribution in [3.05, 3.63) is 34.9 Å². The Morgan fingerprint density at radius 1 is 1.15 bits per heavy atom. The van der Waals surface area contributed by atoms with Gasteiger partial charge in [0.1, 0.15) is 0 Å². The molecule has 20 heavy (non-hydrogen) atoms. The van der Waals surface area contributed by atoms with Gasteiger partial charge in [-0.1, -0.05) is 18.2 Å². The summed E-state index contributed by atoms with van der Waals surface area (Å²) in [5, 5.41) is -0.0387. The van der Waals surface area contributed by atoms with E-state index in [0.717, 1.165) is 23.6 Å². The number of halogens is 2. The van der Waals surface area contributed by atoms with Crippen molar-refractivity contribution < 1.29 is 13.3 Å². The molecule has 0 saturated carbocycles. The molecule has 0 unspecified atom stereocenters. The molecule has 114 valence electrons. The number of benzene rings is 1. The lowest BCUT2D eigenvalue weighted by atomic mass is 10.0. The third-order valence-electron chi connectivity index (χ3n) is 3.43. The highest BCUT2D eigenvalue weighted by Crippen LogP contribution is 2.27. The zero-order valence-electron chi connectivity index (χ0n) is 12.4. The summed E-state index contributed by atoms with van der Waals surface area (Å²) in [5.41, 5.74) is 3.34. The van der Waals surface area contributed by atoms with Crippen molar-refractivity contribution in [3.63, 3.8) is 0 Å². The van der Waals surface area contributed by atoms with Gasteiger partial charge in [-0.05, 0) is 30.0 Å². The Bertz CT molecular complexity index is 415. The fraction of sp³-hybridized carbons (Fsp3) is 0.571. The van der Waals surface area contributed by atoms with Crippen LogP contribution < -0.4 is 0 Å². The number of rotatable bonds is 8. The lowest BCUT2D eigenvalue weighted by molar-refractivity contribution is 0.123. The molecule has 6 heteroatoms. The Morgan fingerprint density at radius 2 is 1.75 bits per heavy atom. The van der Waals surface area contributed by atoms with Crippen LogP contribution >= 0.6 is 23.2 Å². The summed E-state index contributed by atoms with van der Waals surface area (Å²) in [7, 11) is 2.36. The molecule has 0 amide bonds. The zero-order chi connectivity index (χ0) is 15.2. The SMILES string of the molecule is CO[Si](CCc1ccc([C@@H](C)Cl)c(CCl)c1)(OC)OC. The quantitative estimate of drug-likeness (QED) is 0.527. The molecular weight excluding hydrogens is 315 g/mol. The van der Waals surface area contributed by atoms with E-state index in [4.69, 9.17) is 36.5 Å².